The first-order valence-electron chi connectivity index (χ1n) is 10.7. The van der Waals surface area contributed by atoms with Gasteiger partial charge in [0, 0.05) is 37.0 Å². The Kier molecular flexibility index (Phi) is 4.46. The molecule has 4 amide bonds. The highest BCUT2D eigenvalue weighted by molar-refractivity contribution is 6.26. The normalized spacial score (nSPS) is 28.5. The van der Waals surface area contributed by atoms with E-state index in [0.717, 1.165) is 11.3 Å². The smallest absolute Gasteiger partial charge is 0.252 e. The molecule has 0 saturated carbocycles. The summed E-state index contributed by atoms with van der Waals surface area (Å²) in [6, 6.07) is 13.7. The molecule has 0 bridgehead atoms. The van der Waals surface area contributed by atoms with Gasteiger partial charge in [-0.05, 0) is 36.8 Å². The van der Waals surface area contributed by atoms with E-state index < -0.39 is 17.4 Å². The number of carbonyl (C=O) groups excluding carboxylic acids is 4. The third-order valence-corrected chi connectivity index (χ3v) is 6.88. The van der Waals surface area contributed by atoms with Gasteiger partial charge in [-0.1, -0.05) is 25.1 Å². The van der Waals surface area contributed by atoms with Gasteiger partial charge >= 0.3 is 0 Å². The highest BCUT2D eigenvalue weighted by atomic mass is 16.2. The van der Waals surface area contributed by atoms with Gasteiger partial charge in [-0.25, -0.2) is 4.90 Å². The van der Waals surface area contributed by atoms with Gasteiger partial charge in [-0.3, -0.25) is 24.5 Å². The number of anilines is 3. The molecule has 0 radical (unpaired) electrons. The minimum atomic E-state index is -1.26. The van der Waals surface area contributed by atoms with E-state index in [-0.39, 0.29) is 29.7 Å². The van der Waals surface area contributed by atoms with Crippen molar-refractivity contribution >= 4 is 40.7 Å². The van der Waals surface area contributed by atoms with E-state index in [1.54, 1.807) is 36.2 Å². The van der Waals surface area contributed by atoms with Gasteiger partial charge in [0.25, 0.3) is 5.91 Å². The van der Waals surface area contributed by atoms with Crippen molar-refractivity contribution in [3.63, 3.8) is 0 Å². The molecule has 2 fully saturated rings. The van der Waals surface area contributed by atoms with Gasteiger partial charge in [-0.2, -0.15) is 0 Å². The molecular formula is C24H24N4O4. The fraction of sp³-hybridized carbons (Fsp3) is 0.333. The molecular weight excluding hydrogens is 408 g/mol. The van der Waals surface area contributed by atoms with Crippen molar-refractivity contribution in [1.82, 2.24) is 5.32 Å². The average molecular weight is 432 g/mol. The zero-order valence-electron chi connectivity index (χ0n) is 18.1. The van der Waals surface area contributed by atoms with Gasteiger partial charge in [0.2, 0.25) is 17.7 Å². The number of imide groups is 1. The lowest BCUT2D eigenvalue weighted by Crippen LogP contribution is -2.54. The number of rotatable bonds is 3. The maximum Gasteiger partial charge on any atom is 0.252 e. The van der Waals surface area contributed by atoms with Crippen LogP contribution in [0.2, 0.25) is 0 Å². The maximum absolute atomic E-state index is 13.8. The van der Waals surface area contributed by atoms with Gasteiger partial charge in [0.05, 0.1) is 17.5 Å². The third-order valence-electron chi connectivity index (χ3n) is 6.88. The predicted molar refractivity (Wildman–Crippen MR) is 119 cm³/mol. The first-order valence-corrected chi connectivity index (χ1v) is 10.7. The summed E-state index contributed by atoms with van der Waals surface area (Å²) in [4.78, 5) is 54.9. The zero-order chi connectivity index (χ0) is 22.8. The molecule has 8 heteroatoms. The summed E-state index contributed by atoms with van der Waals surface area (Å²) in [6.07, 6.45) is 0.608. The number of nitrogens with one attached hydrogen (secondary N) is 2. The van der Waals surface area contributed by atoms with E-state index in [9.17, 15) is 19.2 Å². The van der Waals surface area contributed by atoms with E-state index in [1.807, 2.05) is 31.2 Å². The number of carbonyl (C=O) groups is 4. The Labute approximate surface area is 185 Å². The van der Waals surface area contributed by atoms with E-state index in [2.05, 4.69) is 10.6 Å². The van der Waals surface area contributed by atoms with Crippen LogP contribution in [0.25, 0.3) is 0 Å². The van der Waals surface area contributed by atoms with Crippen LogP contribution in [0.3, 0.4) is 0 Å². The molecule has 5 rings (SSSR count). The molecule has 8 nitrogen and oxygen atoms in total. The van der Waals surface area contributed by atoms with Crippen molar-refractivity contribution in [2.45, 2.75) is 31.8 Å². The second kappa shape index (κ2) is 7.00. The molecule has 2 N–H and O–H groups in total. The summed E-state index contributed by atoms with van der Waals surface area (Å²) in [5.41, 5.74) is 1.24. The van der Waals surface area contributed by atoms with Gasteiger partial charge in [0.15, 0.2) is 0 Å². The molecule has 0 aromatic heterocycles. The van der Waals surface area contributed by atoms with Crippen molar-refractivity contribution in [1.29, 1.82) is 0 Å². The van der Waals surface area contributed by atoms with E-state index in [1.165, 1.54) is 11.8 Å². The van der Waals surface area contributed by atoms with Gasteiger partial charge in [-0.15, -0.1) is 0 Å². The SMILES string of the molecule is CC[C@@H]1N[C@]2(C(=O)N(C)c3ccccc32)[C@@H]2C(=O)N(c3ccc(NC(C)=O)cc3)C(=O)[C@H]12. The fourth-order valence-corrected chi connectivity index (χ4v) is 5.56. The minimum Gasteiger partial charge on any atom is -0.326 e. The van der Waals surface area contributed by atoms with E-state index in [4.69, 9.17) is 0 Å². The number of para-hydroxylation sites is 1. The quantitative estimate of drug-likeness (QED) is 0.723. The Morgan fingerprint density at radius 1 is 1.06 bits per heavy atom. The van der Waals surface area contributed by atoms with E-state index in [0.29, 0.717) is 17.8 Å². The van der Waals surface area contributed by atoms with Crippen molar-refractivity contribution in [2.24, 2.45) is 11.8 Å². The van der Waals surface area contributed by atoms with Crippen molar-refractivity contribution < 1.29 is 19.2 Å². The molecule has 4 atom stereocenters. The van der Waals surface area contributed by atoms with Crippen LogP contribution >= 0.6 is 0 Å². The molecule has 3 aliphatic rings. The van der Waals surface area contributed by atoms with Gasteiger partial charge < -0.3 is 10.2 Å². The van der Waals surface area contributed by atoms with Crippen molar-refractivity contribution in [3.8, 4) is 0 Å². The Balaban J connectivity index is 1.60. The number of fused-ring (bicyclic) bond motifs is 4. The summed E-state index contributed by atoms with van der Waals surface area (Å²) in [6.45, 7) is 3.36. The Morgan fingerprint density at radius 3 is 2.41 bits per heavy atom. The minimum absolute atomic E-state index is 0.207. The highest BCUT2D eigenvalue weighted by Crippen LogP contribution is 2.55. The van der Waals surface area contributed by atoms with Crippen LogP contribution in [0.15, 0.2) is 48.5 Å². The monoisotopic (exact) mass is 432 g/mol. The third kappa shape index (κ3) is 2.53. The number of hydrogen-bond acceptors (Lipinski definition) is 5. The predicted octanol–water partition coefficient (Wildman–Crippen LogP) is 2.00. The molecule has 3 aliphatic heterocycles. The van der Waals surface area contributed by atoms with Crippen LogP contribution in [0.4, 0.5) is 17.1 Å². The number of nitrogens with zero attached hydrogens (tertiary/aromatic N) is 2. The van der Waals surface area contributed by atoms with Crippen LogP contribution in [0.5, 0.6) is 0 Å². The summed E-state index contributed by atoms with van der Waals surface area (Å²) in [5.74, 6) is -2.56. The second-order valence-corrected chi connectivity index (χ2v) is 8.59. The Morgan fingerprint density at radius 2 is 1.75 bits per heavy atom. The lowest BCUT2D eigenvalue weighted by molar-refractivity contribution is -0.131. The zero-order valence-corrected chi connectivity index (χ0v) is 18.1. The summed E-state index contributed by atoms with van der Waals surface area (Å²) in [7, 11) is 1.70. The first kappa shape index (κ1) is 20.4. The number of hydrogen-bond donors (Lipinski definition) is 2. The molecule has 0 aliphatic carbocycles. The molecule has 2 aromatic rings. The first-order chi connectivity index (χ1) is 15.3. The largest absolute Gasteiger partial charge is 0.326 e. The molecule has 0 unspecified atom stereocenters. The Hall–Kier alpha value is -3.52. The lowest BCUT2D eigenvalue weighted by atomic mass is 9.76. The molecule has 2 saturated heterocycles. The summed E-state index contributed by atoms with van der Waals surface area (Å²) in [5, 5.41) is 6.09. The fourth-order valence-electron chi connectivity index (χ4n) is 5.56. The van der Waals surface area contributed by atoms with Crippen LogP contribution < -0.4 is 20.4 Å². The van der Waals surface area contributed by atoms with E-state index >= 15 is 0 Å². The highest BCUT2D eigenvalue weighted by Gasteiger charge is 2.71. The molecule has 2 aromatic carbocycles. The molecule has 164 valence electrons. The molecule has 3 heterocycles. The number of likely N-dealkylation sites (N-methyl/N-ethyl adjacent to an activating group) is 1. The molecule has 1 spiro atoms. The average Bonchev–Trinajstić information content (AvgIpc) is 3.34. The standard InChI is InChI=1S/C24H24N4O4/c1-4-17-19-20(24(26-17)16-7-5-6-8-18(16)27(3)23(24)32)22(31)28(21(19)30)15-11-9-14(10-12-15)25-13(2)29/h5-12,17,19-20,26H,4H2,1-3H3,(H,25,29)/t17-,19+,20-,24-/m0/s1. The summed E-state index contributed by atoms with van der Waals surface area (Å²) < 4.78 is 0. The van der Waals surface area contributed by atoms with Crippen LogP contribution in [0.1, 0.15) is 25.8 Å². The van der Waals surface area contributed by atoms with Crippen LogP contribution in [0, 0.1) is 11.8 Å². The van der Waals surface area contributed by atoms with Crippen LogP contribution in [-0.2, 0) is 24.7 Å². The lowest BCUT2D eigenvalue weighted by Gasteiger charge is -2.30. The van der Waals surface area contributed by atoms with Crippen molar-refractivity contribution in [2.75, 3.05) is 22.2 Å². The van der Waals surface area contributed by atoms with Gasteiger partial charge in [0.1, 0.15) is 5.54 Å². The maximum atomic E-state index is 13.8. The summed E-state index contributed by atoms with van der Waals surface area (Å²) >= 11 is 0. The number of benzene rings is 2. The van der Waals surface area contributed by atoms with Crippen LogP contribution in [-0.4, -0.2) is 36.7 Å². The number of amides is 4. The topological polar surface area (TPSA) is 98.8 Å². The molecule has 32 heavy (non-hydrogen) atoms. The van der Waals surface area contributed by atoms with Crippen molar-refractivity contribution in [3.05, 3.63) is 54.1 Å². The Bertz CT molecular complexity index is 1160. The second-order valence-electron chi connectivity index (χ2n) is 8.59.